The summed E-state index contributed by atoms with van der Waals surface area (Å²) in [5.74, 6) is -0.152. The number of thiocarbonyl (C=S) groups is 1. The lowest BCUT2D eigenvalue weighted by atomic mass is 10.1. The molecular formula is C17H18ClFN2OS. The Morgan fingerprint density at radius 2 is 2.00 bits per heavy atom. The fourth-order valence-corrected chi connectivity index (χ4v) is 2.69. The van der Waals surface area contributed by atoms with Gasteiger partial charge in [-0.3, -0.25) is 0 Å². The van der Waals surface area contributed by atoms with E-state index < -0.39 is 0 Å². The Bertz CT molecular complexity index is 686. The van der Waals surface area contributed by atoms with Crippen LogP contribution in [0.1, 0.15) is 11.1 Å². The molecule has 0 bridgehead atoms. The first kappa shape index (κ1) is 17.5. The molecule has 0 atom stereocenters. The molecule has 0 aromatic heterocycles. The Labute approximate surface area is 145 Å². The van der Waals surface area contributed by atoms with Crippen molar-refractivity contribution >= 4 is 34.6 Å². The maximum absolute atomic E-state index is 13.4. The standard InChI is InChI=1S/C17H18ClFN2OS/c1-11-9-12(2)16(13(18)10-11)21-17(23)20-7-8-22-15-6-4-3-5-14(15)19/h3-6,9-10H,7-8H2,1-2H3,(H2,20,21,23). The molecule has 0 aliphatic heterocycles. The molecule has 0 aliphatic carbocycles. The van der Waals surface area contributed by atoms with Gasteiger partial charge in [0.15, 0.2) is 16.7 Å². The predicted octanol–water partition coefficient (Wildman–Crippen LogP) is 4.46. The zero-order valence-corrected chi connectivity index (χ0v) is 14.5. The molecule has 122 valence electrons. The molecule has 23 heavy (non-hydrogen) atoms. The van der Waals surface area contributed by atoms with E-state index in [-0.39, 0.29) is 11.6 Å². The number of halogens is 2. The average Bonchev–Trinajstić information content (AvgIpc) is 2.49. The lowest BCUT2D eigenvalue weighted by Crippen LogP contribution is -2.32. The minimum atomic E-state index is -0.379. The summed E-state index contributed by atoms with van der Waals surface area (Å²) in [6.45, 7) is 4.69. The second-order valence-electron chi connectivity index (χ2n) is 5.10. The van der Waals surface area contributed by atoms with E-state index in [9.17, 15) is 4.39 Å². The molecule has 0 fully saturated rings. The van der Waals surface area contributed by atoms with Crippen molar-refractivity contribution in [2.24, 2.45) is 0 Å². The topological polar surface area (TPSA) is 33.3 Å². The third kappa shape index (κ3) is 5.08. The molecule has 2 aromatic rings. The number of benzene rings is 2. The van der Waals surface area contributed by atoms with Crippen LogP contribution in [-0.4, -0.2) is 18.3 Å². The maximum Gasteiger partial charge on any atom is 0.170 e. The smallest absolute Gasteiger partial charge is 0.170 e. The molecule has 6 heteroatoms. The first-order valence-corrected chi connectivity index (χ1v) is 7.95. The highest BCUT2D eigenvalue weighted by Crippen LogP contribution is 2.27. The highest BCUT2D eigenvalue weighted by atomic mass is 35.5. The molecule has 3 nitrogen and oxygen atoms in total. The fraction of sp³-hybridized carbons (Fsp3) is 0.235. The largest absolute Gasteiger partial charge is 0.489 e. The van der Waals surface area contributed by atoms with Crippen molar-refractivity contribution in [1.82, 2.24) is 5.32 Å². The third-order valence-corrected chi connectivity index (χ3v) is 3.70. The maximum atomic E-state index is 13.4. The second kappa shape index (κ2) is 8.13. The van der Waals surface area contributed by atoms with Gasteiger partial charge in [-0.15, -0.1) is 0 Å². The Hall–Kier alpha value is -1.85. The first-order valence-electron chi connectivity index (χ1n) is 7.16. The van der Waals surface area contributed by atoms with Crippen LogP contribution < -0.4 is 15.4 Å². The molecule has 2 aromatic carbocycles. The summed E-state index contributed by atoms with van der Waals surface area (Å²) in [4.78, 5) is 0. The molecule has 2 N–H and O–H groups in total. The summed E-state index contributed by atoms with van der Waals surface area (Å²) >= 11 is 11.5. The SMILES string of the molecule is Cc1cc(C)c(NC(=S)NCCOc2ccccc2F)c(Cl)c1. The average molecular weight is 353 g/mol. The number of ether oxygens (including phenoxy) is 1. The van der Waals surface area contributed by atoms with Crippen LogP contribution in [0.2, 0.25) is 5.02 Å². The number of para-hydroxylation sites is 1. The van der Waals surface area contributed by atoms with Gasteiger partial charge in [-0.2, -0.15) is 0 Å². The van der Waals surface area contributed by atoms with Crippen LogP contribution in [0.4, 0.5) is 10.1 Å². The van der Waals surface area contributed by atoms with E-state index in [1.54, 1.807) is 18.2 Å². The summed E-state index contributed by atoms with van der Waals surface area (Å²) in [6.07, 6.45) is 0. The summed E-state index contributed by atoms with van der Waals surface area (Å²) in [6, 6.07) is 10.2. The number of anilines is 1. The van der Waals surface area contributed by atoms with Gasteiger partial charge in [0.05, 0.1) is 17.3 Å². The van der Waals surface area contributed by atoms with Gasteiger partial charge in [0, 0.05) is 0 Å². The van der Waals surface area contributed by atoms with Gasteiger partial charge in [0.25, 0.3) is 0 Å². The molecule has 0 unspecified atom stereocenters. The van der Waals surface area contributed by atoms with E-state index >= 15 is 0 Å². The molecule has 0 saturated carbocycles. The van der Waals surface area contributed by atoms with Gasteiger partial charge in [0.2, 0.25) is 0 Å². The fourth-order valence-electron chi connectivity index (χ4n) is 2.12. The van der Waals surface area contributed by atoms with Crippen LogP contribution in [0.5, 0.6) is 5.75 Å². The van der Waals surface area contributed by atoms with Gasteiger partial charge < -0.3 is 15.4 Å². The van der Waals surface area contributed by atoms with E-state index in [0.717, 1.165) is 16.8 Å². The molecule has 2 rings (SSSR count). The lowest BCUT2D eigenvalue weighted by molar-refractivity contribution is 0.306. The van der Waals surface area contributed by atoms with Crippen molar-refractivity contribution in [2.75, 3.05) is 18.5 Å². The van der Waals surface area contributed by atoms with Crippen molar-refractivity contribution in [3.8, 4) is 5.75 Å². The summed E-state index contributed by atoms with van der Waals surface area (Å²) < 4.78 is 18.7. The minimum absolute atomic E-state index is 0.227. The Balaban J connectivity index is 1.81. The normalized spacial score (nSPS) is 10.3. The van der Waals surface area contributed by atoms with Crippen molar-refractivity contribution in [2.45, 2.75) is 13.8 Å². The molecule has 0 saturated heterocycles. The van der Waals surface area contributed by atoms with E-state index in [0.29, 0.717) is 23.3 Å². The number of aryl methyl sites for hydroxylation is 2. The Morgan fingerprint density at radius 3 is 2.70 bits per heavy atom. The molecule has 0 heterocycles. The summed E-state index contributed by atoms with van der Waals surface area (Å²) in [5, 5.41) is 7.14. The second-order valence-corrected chi connectivity index (χ2v) is 5.91. The van der Waals surface area contributed by atoms with Gasteiger partial charge in [-0.25, -0.2) is 4.39 Å². The number of nitrogens with one attached hydrogen (secondary N) is 2. The van der Waals surface area contributed by atoms with E-state index in [1.807, 2.05) is 26.0 Å². The van der Waals surface area contributed by atoms with E-state index in [1.165, 1.54) is 6.07 Å². The van der Waals surface area contributed by atoms with Gasteiger partial charge in [-0.05, 0) is 55.4 Å². The third-order valence-electron chi connectivity index (χ3n) is 3.15. The number of hydrogen-bond donors (Lipinski definition) is 2. The lowest BCUT2D eigenvalue weighted by Gasteiger charge is -2.15. The highest BCUT2D eigenvalue weighted by molar-refractivity contribution is 7.80. The van der Waals surface area contributed by atoms with Crippen LogP contribution in [-0.2, 0) is 0 Å². The predicted molar refractivity (Wildman–Crippen MR) is 97.0 cm³/mol. The van der Waals surface area contributed by atoms with Gasteiger partial charge in [0.1, 0.15) is 6.61 Å². The van der Waals surface area contributed by atoms with Crippen molar-refractivity contribution < 1.29 is 9.13 Å². The highest BCUT2D eigenvalue weighted by Gasteiger charge is 2.07. The number of rotatable bonds is 5. The van der Waals surface area contributed by atoms with E-state index in [4.69, 9.17) is 28.6 Å². The zero-order chi connectivity index (χ0) is 16.8. The summed E-state index contributed by atoms with van der Waals surface area (Å²) in [7, 11) is 0. The van der Waals surface area contributed by atoms with Crippen LogP contribution in [0.3, 0.4) is 0 Å². The van der Waals surface area contributed by atoms with Crippen LogP contribution >= 0.6 is 23.8 Å². The molecule has 0 amide bonds. The minimum Gasteiger partial charge on any atom is -0.489 e. The zero-order valence-electron chi connectivity index (χ0n) is 13.0. The van der Waals surface area contributed by atoms with Crippen LogP contribution in [0.15, 0.2) is 36.4 Å². The quantitative estimate of drug-likeness (QED) is 0.614. The van der Waals surface area contributed by atoms with Crippen LogP contribution in [0.25, 0.3) is 0 Å². The Kier molecular flexibility index (Phi) is 6.19. The van der Waals surface area contributed by atoms with E-state index in [2.05, 4.69) is 10.6 Å². The Morgan fingerprint density at radius 1 is 1.26 bits per heavy atom. The summed E-state index contributed by atoms with van der Waals surface area (Å²) in [5.41, 5.74) is 2.89. The molecule has 0 radical (unpaired) electrons. The molecular weight excluding hydrogens is 335 g/mol. The van der Waals surface area contributed by atoms with Crippen LogP contribution in [0, 0.1) is 19.7 Å². The molecule has 0 spiro atoms. The number of hydrogen-bond acceptors (Lipinski definition) is 2. The van der Waals surface area contributed by atoms with Crippen molar-refractivity contribution in [3.05, 3.63) is 58.4 Å². The van der Waals surface area contributed by atoms with Gasteiger partial charge >= 0.3 is 0 Å². The molecule has 0 aliphatic rings. The van der Waals surface area contributed by atoms with Gasteiger partial charge in [-0.1, -0.05) is 29.8 Å². The first-order chi connectivity index (χ1) is 11.0. The van der Waals surface area contributed by atoms with Crippen molar-refractivity contribution in [3.63, 3.8) is 0 Å². The monoisotopic (exact) mass is 352 g/mol. The van der Waals surface area contributed by atoms with Crippen molar-refractivity contribution in [1.29, 1.82) is 0 Å².